The second-order valence-electron chi connectivity index (χ2n) is 15.7. The summed E-state index contributed by atoms with van der Waals surface area (Å²) in [6.07, 6.45) is 0. The smallest absolute Gasteiger partial charge is 0.252 e. The van der Waals surface area contributed by atoms with Crippen LogP contribution in [0.5, 0.6) is 0 Å². The minimum atomic E-state index is -0.146. The van der Waals surface area contributed by atoms with Crippen LogP contribution in [0, 0.1) is 0 Å². The highest BCUT2D eigenvalue weighted by Crippen LogP contribution is 2.55. The normalized spacial score (nSPS) is 14.8. The molecule has 0 atom stereocenters. The van der Waals surface area contributed by atoms with Crippen LogP contribution in [0.25, 0.3) is 39.0 Å². The Bertz CT molecular complexity index is 2590. The van der Waals surface area contributed by atoms with Crippen molar-refractivity contribution in [2.75, 3.05) is 4.90 Å². The standard InChI is InChI=1S/C45H35BCl2N2/c1-44(2,3)27-18-21-36(32(22-27)26-12-7-6-8-13-26)49-37-23-28(47)19-20-34(37)46-35-17-11-15-31-40-43(30-14-9-10-16-33(30)45(40,4)5)50(42(31)35)39-25-29(48)24-38(49)41(39)46/h6-25H,1-5H3. The first-order valence-corrected chi connectivity index (χ1v) is 18.2. The van der Waals surface area contributed by atoms with Crippen molar-refractivity contribution in [1.29, 1.82) is 0 Å². The lowest BCUT2D eigenvalue weighted by atomic mass is 9.34. The Hall–Kier alpha value is -4.70. The lowest BCUT2D eigenvalue weighted by Crippen LogP contribution is -2.60. The molecule has 0 bridgehead atoms. The van der Waals surface area contributed by atoms with Crippen molar-refractivity contribution < 1.29 is 0 Å². The van der Waals surface area contributed by atoms with Gasteiger partial charge in [0.05, 0.1) is 11.4 Å². The minimum absolute atomic E-state index is 0.0133. The summed E-state index contributed by atoms with van der Waals surface area (Å²) in [6.45, 7) is 11.6. The van der Waals surface area contributed by atoms with Gasteiger partial charge in [0.1, 0.15) is 0 Å². The predicted octanol–water partition coefficient (Wildman–Crippen LogP) is 10.8. The van der Waals surface area contributed by atoms with E-state index < -0.39 is 0 Å². The van der Waals surface area contributed by atoms with E-state index in [9.17, 15) is 0 Å². The topological polar surface area (TPSA) is 8.17 Å². The SMILES string of the molecule is CC(C)(C)c1ccc(N2c3cc(Cl)ccc3B3c4c2cc(Cl)cc4-n2c4c(c5cccc3c52)C(C)(C)c2ccccc2-4)c(-c2ccccc2)c1. The summed E-state index contributed by atoms with van der Waals surface area (Å²) < 4.78 is 2.54. The van der Waals surface area contributed by atoms with E-state index in [-0.39, 0.29) is 17.5 Å². The average Bonchev–Trinajstić information content (AvgIpc) is 3.57. The van der Waals surface area contributed by atoms with Crippen LogP contribution in [0.3, 0.4) is 0 Å². The van der Waals surface area contributed by atoms with Crippen LogP contribution in [0.1, 0.15) is 51.3 Å². The molecule has 0 amide bonds. The second-order valence-corrected chi connectivity index (χ2v) is 16.5. The summed E-state index contributed by atoms with van der Waals surface area (Å²) in [5.41, 5.74) is 18.3. The monoisotopic (exact) mass is 684 g/mol. The summed E-state index contributed by atoms with van der Waals surface area (Å²) in [5, 5.41) is 2.73. The lowest BCUT2D eigenvalue weighted by molar-refractivity contribution is 0.590. The number of para-hydroxylation sites is 1. The maximum atomic E-state index is 7.26. The number of halogens is 2. The summed E-state index contributed by atoms with van der Waals surface area (Å²) >= 11 is 14.2. The van der Waals surface area contributed by atoms with Gasteiger partial charge in [0, 0.05) is 54.6 Å². The maximum absolute atomic E-state index is 7.26. The lowest BCUT2D eigenvalue weighted by Gasteiger charge is -2.41. The van der Waals surface area contributed by atoms with Crippen LogP contribution in [-0.4, -0.2) is 11.3 Å². The first kappa shape index (κ1) is 30.2. The van der Waals surface area contributed by atoms with Crippen molar-refractivity contribution in [3.05, 3.63) is 148 Å². The molecule has 6 aromatic carbocycles. The Balaban J connectivity index is 1.35. The van der Waals surface area contributed by atoms with Gasteiger partial charge >= 0.3 is 0 Å². The van der Waals surface area contributed by atoms with E-state index in [1.807, 2.05) is 6.07 Å². The third-order valence-corrected chi connectivity index (χ3v) is 11.9. The molecule has 0 spiro atoms. The Morgan fingerprint density at radius 3 is 2.16 bits per heavy atom. The quantitative estimate of drug-likeness (QED) is 0.165. The number of hydrogen-bond acceptors (Lipinski definition) is 1. The van der Waals surface area contributed by atoms with Crippen LogP contribution in [0.4, 0.5) is 17.1 Å². The largest absolute Gasteiger partial charge is 0.311 e. The average molecular weight is 686 g/mol. The molecule has 1 aromatic heterocycles. The molecular weight excluding hydrogens is 650 g/mol. The van der Waals surface area contributed by atoms with Crippen molar-refractivity contribution in [1.82, 2.24) is 4.57 Å². The summed E-state index contributed by atoms with van der Waals surface area (Å²) in [4.78, 5) is 2.42. The molecule has 0 radical (unpaired) electrons. The molecule has 50 heavy (non-hydrogen) atoms. The molecule has 5 heteroatoms. The number of aromatic nitrogens is 1. The molecule has 7 aromatic rings. The summed E-state index contributed by atoms with van der Waals surface area (Å²) in [6, 6.07) is 44.3. The molecule has 10 rings (SSSR count). The van der Waals surface area contributed by atoms with Crippen molar-refractivity contribution in [3.8, 4) is 28.1 Å². The minimum Gasteiger partial charge on any atom is -0.311 e. The highest BCUT2D eigenvalue weighted by molar-refractivity contribution is 7.00. The Labute approximate surface area is 304 Å². The van der Waals surface area contributed by atoms with Gasteiger partial charge in [-0.3, -0.25) is 0 Å². The van der Waals surface area contributed by atoms with Crippen LogP contribution < -0.4 is 21.3 Å². The fourth-order valence-corrected chi connectivity index (χ4v) is 9.59. The molecule has 0 unspecified atom stereocenters. The van der Waals surface area contributed by atoms with Gasteiger partial charge in [-0.15, -0.1) is 0 Å². The Morgan fingerprint density at radius 2 is 1.36 bits per heavy atom. The third kappa shape index (κ3) is 3.94. The zero-order chi connectivity index (χ0) is 34.3. The molecule has 242 valence electrons. The van der Waals surface area contributed by atoms with E-state index in [2.05, 4.69) is 159 Å². The van der Waals surface area contributed by atoms with Gasteiger partial charge in [-0.05, 0) is 80.5 Å². The number of rotatable bonds is 2. The molecule has 1 aliphatic carbocycles. The van der Waals surface area contributed by atoms with Crippen molar-refractivity contribution in [2.45, 2.75) is 45.4 Å². The summed E-state index contributed by atoms with van der Waals surface area (Å²) in [5.74, 6) is 0. The van der Waals surface area contributed by atoms with Crippen LogP contribution in [-0.2, 0) is 10.8 Å². The highest BCUT2D eigenvalue weighted by Gasteiger charge is 2.47. The number of fused-ring (bicyclic) bond motifs is 9. The van der Waals surface area contributed by atoms with Gasteiger partial charge in [0.25, 0.3) is 6.71 Å². The number of nitrogens with zero attached hydrogens (tertiary/aromatic N) is 2. The van der Waals surface area contributed by atoms with Crippen LogP contribution in [0.2, 0.25) is 10.0 Å². The molecule has 0 fully saturated rings. The highest BCUT2D eigenvalue weighted by atomic mass is 35.5. The zero-order valence-electron chi connectivity index (χ0n) is 28.8. The Kier molecular flexibility index (Phi) is 6.14. The first-order chi connectivity index (χ1) is 24.0. The van der Waals surface area contributed by atoms with E-state index in [1.165, 1.54) is 66.4 Å². The number of benzene rings is 6. The summed E-state index contributed by atoms with van der Waals surface area (Å²) in [7, 11) is 0. The fourth-order valence-electron chi connectivity index (χ4n) is 9.22. The van der Waals surface area contributed by atoms with Crippen molar-refractivity contribution in [3.63, 3.8) is 0 Å². The van der Waals surface area contributed by atoms with E-state index >= 15 is 0 Å². The molecule has 3 aliphatic rings. The zero-order valence-corrected chi connectivity index (χ0v) is 30.3. The van der Waals surface area contributed by atoms with E-state index in [1.54, 1.807) is 0 Å². The van der Waals surface area contributed by atoms with Gasteiger partial charge in [-0.25, -0.2) is 0 Å². The van der Waals surface area contributed by atoms with Gasteiger partial charge in [0.15, 0.2) is 0 Å². The Morgan fingerprint density at radius 1 is 0.620 bits per heavy atom. The second kappa shape index (κ2) is 10.2. The third-order valence-electron chi connectivity index (χ3n) is 11.4. The van der Waals surface area contributed by atoms with Crippen molar-refractivity contribution in [2.24, 2.45) is 0 Å². The van der Waals surface area contributed by atoms with Gasteiger partial charge < -0.3 is 9.47 Å². The van der Waals surface area contributed by atoms with Gasteiger partial charge in [-0.1, -0.05) is 143 Å². The fraction of sp³-hybridized carbons (Fsp3) is 0.156. The maximum Gasteiger partial charge on any atom is 0.252 e. The molecule has 3 heterocycles. The predicted molar refractivity (Wildman–Crippen MR) is 214 cm³/mol. The number of anilines is 3. The molecule has 2 aliphatic heterocycles. The van der Waals surface area contributed by atoms with Crippen LogP contribution in [0.15, 0.2) is 121 Å². The van der Waals surface area contributed by atoms with Gasteiger partial charge in [-0.2, -0.15) is 0 Å². The molecule has 2 nitrogen and oxygen atoms in total. The molecule has 0 N–H and O–H groups in total. The molecule has 0 saturated carbocycles. The van der Waals surface area contributed by atoms with E-state index in [4.69, 9.17) is 23.2 Å². The molecular formula is C45H35BCl2N2. The first-order valence-electron chi connectivity index (χ1n) is 17.4. The molecule has 0 saturated heterocycles. The van der Waals surface area contributed by atoms with Crippen molar-refractivity contribution >= 4 is 74.3 Å². The van der Waals surface area contributed by atoms with Gasteiger partial charge in [0.2, 0.25) is 0 Å². The van der Waals surface area contributed by atoms with Crippen LogP contribution >= 0.6 is 23.2 Å². The van der Waals surface area contributed by atoms with E-state index in [0.29, 0.717) is 10.0 Å². The van der Waals surface area contributed by atoms with E-state index in [0.717, 1.165) is 22.7 Å². The number of hydrogen-bond donors (Lipinski definition) is 0.